The lowest BCUT2D eigenvalue weighted by Crippen LogP contribution is -2.27. The van der Waals surface area contributed by atoms with Crippen LogP contribution in [0, 0.1) is 0 Å². The summed E-state index contributed by atoms with van der Waals surface area (Å²) in [6, 6.07) is 8.66. The summed E-state index contributed by atoms with van der Waals surface area (Å²) in [7, 11) is 4.05. The highest BCUT2D eigenvalue weighted by Gasteiger charge is 2.29. The molecule has 2 aliphatic rings. The van der Waals surface area contributed by atoms with Gasteiger partial charge in [-0.3, -0.25) is 0 Å². The van der Waals surface area contributed by atoms with Crippen molar-refractivity contribution in [2.45, 2.75) is 58.4 Å². The van der Waals surface area contributed by atoms with Gasteiger partial charge in [0.25, 0.3) is 0 Å². The standard InChI is InChI=1S/C24H32N8O/c1-15(2)30(4)23-10-16-12-31(13-18(16)20(27-23)11-25-3)21-7-5-6-19(26-21)24-29-28-22-9-8-17(14-33)32(22)24/h5-7,10,15,17,25,33H,8-9,11-14H2,1-4H3/t17-/m0/s1. The van der Waals surface area contributed by atoms with Crippen molar-refractivity contribution in [2.75, 3.05) is 30.5 Å². The van der Waals surface area contributed by atoms with Gasteiger partial charge >= 0.3 is 0 Å². The number of fused-ring (bicyclic) bond motifs is 2. The quantitative estimate of drug-likeness (QED) is 0.569. The minimum absolute atomic E-state index is 0.0260. The van der Waals surface area contributed by atoms with E-state index in [-0.39, 0.29) is 12.6 Å². The lowest BCUT2D eigenvalue weighted by atomic mass is 10.1. The van der Waals surface area contributed by atoms with Crippen LogP contribution in [0.2, 0.25) is 0 Å². The highest BCUT2D eigenvalue weighted by atomic mass is 16.3. The molecule has 0 aromatic carbocycles. The van der Waals surface area contributed by atoms with Gasteiger partial charge in [0.05, 0.1) is 18.3 Å². The largest absolute Gasteiger partial charge is 0.394 e. The van der Waals surface area contributed by atoms with Crippen molar-refractivity contribution < 1.29 is 5.11 Å². The van der Waals surface area contributed by atoms with Crippen LogP contribution in [0.15, 0.2) is 24.3 Å². The second-order valence-corrected chi connectivity index (χ2v) is 9.22. The number of aliphatic hydroxyl groups excluding tert-OH is 1. The molecule has 0 radical (unpaired) electrons. The molecular weight excluding hydrogens is 416 g/mol. The molecule has 2 N–H and O–H groups in total. The van der Waals surface area contributed by atoms with Crippen molar-refractivity contribution in [3.63, 3.8) is 0 Å². The minimum Gasteiger partial charge on any atom is -0.394 e. The molecule has 0 bridgehead atoms. The number of nitrogens with zero attached hydrogens (tertiary/aromatic N) is 7. The van der Waals surface area contributed by atoms with Crippen LogP contribution >= 0.6 is 0 Å². The summed E-state index contributed by atoms with van der Waals surface area (Å²) < 4.78 is 2.05. The third kappa shape index (κ3) is 3.85. The molecule has 5 heterocycles. The Hall–Kier alpha value is -3.04. The molecule has 0 aliphatic carbocycles. The second kappa shape index (κ2) is 8.72. The topological polar surface area (TPSA) is 95.2 Å². The Kier molecular flexibility index (Phi) is 5.76. The van der Waals surface area contributed by atoms with Crippen LogP contribution in [0.4, 0.5) is 11.6 Å². The third-order valence-electron chi connectivity index (χ3n) is 6.81. The van der Waals surface area contributed by atoms with Crippen molar-refractivity contribution in [1.82, 2.24) is 30.0 Å². The summed E-state index contributed by atoms with van der Waals surface area (Å²) >= 11 is 0. The van der Waals surface area contributed by atoms with Crippen molar-refractivity contribution in [1.29, 1.82) is 0 Å². The first kappa shape index (κ1) is 21.8. The van der Waals surface area contributed by atoms with Crippen LogP contribution in [-0.4, -0.2) is 56.6 Å². The Morgan fingerprint density at radius 2 is 2.06 bits per heavy atom. The maximum atomic E-state index is 9.78. The van der Waals surface area contributed by atoms with E-state index in [4.69, 9.17) is 9.97 Å². The monoisotopic (exact) mass is 448 g/mol. The molecule has 5 rings (SSSR count). The molecule has 0 saturated heterocycles. The summed E-state index contributed by atoms with van der Waals surface area (Å²) in [5.41, 5.74) is 4.46. The molecule has 2 aliphatic heterocycles. The number of rotatable bonds is 7. The van der Waals surface area contributed by atoms with E-state index in [1.54, 1.807) is 0 Å². The molecule has 0 unspecified atom stereocenters. The van der Waals surface area contributed by atoms with Gasteiger partial charge in [0.15, 0.2) is 5.82 Å². The van der Waals surface area contributed by atoms with Crippen LogP contribution in [0.5, 0.6) is 0 Å². The molecule has 0 saturated carbocycles. The van der Waals surface area contributed by atoms with E-state index in [0.717, 1.165) is 67.1 Å². The van der Waals surface area contributed by atoms with Gasteiger partial charge < -0.3 is 24.8 Å². The van der Waals surface area contributed by atoms with Crippen molar-refractivity contribution >= 4 is 11.6 Å². The summed E-state index contributed by atoms with van der Waals surface area (Å²) in [6.07, 6.45) is 1.73. The van der Waals surface area contributed by atoms with Gasteiger partial charge in [0.2, 0.25) is 0 Å². The summed E-state index contributed by atoms with van der Waals surface area (Å²) in [6.45, 7) is 6.75. The fourth-order valence-corrected chi connectivity index (χ4v) is 4.75. The maximum absolute atomic E-state index is 9.78. The zero-order valence-electron chi connectivity index (χ0n) is 19.8. The Labute approximate surface area is 194 Å². The Morgan fingerprint density at radius 3 is 2.82 bits per heavy atom. The van der Waals surface area contributed by atoms with Crippen LogP contribution in [0.3, 0.4) is 0 Å². The van der Waals surface area contributed by atoms with Gasteiger partial charge in [-0.05, 0) is 56.6 Å². The highest BCUT2D eigenvalue weighted by Crippen LogP contribution is 2.34. The predicted octanol–water partition coefficient (Wildman–Crippen LogP) is 2.30. The Balaban J connectivity index is 1.46. The molecule has 0 fully saturated rings. The van der Waals surface area contributed by atoms with Crippen LogP contribution in [-0.2, 0) is 26.1 Å². The summed E-state index contributed by atoms with van der Waals surface area (Å²) in [4.78, 5) is 14.4. The number of hydrogen-bond acceptors (Lipinski definition) is 8. The normalized spacial score (nSPS) is 17.0. The average molecular weight is 449 g/mol. The lowest BCUT2D eigenvalue weighted by Gasteiger charge is -2.24. The third-order valence-corrected chi connectivity index (χ3v) is 6.81. The first-order valence-electron chi connectivity index (χ1n) is 11.7. The van der Waals surface area contributed by atoms with Crippen molar-refractivity contribution in [2.24, 2.45) is 0 Å². The van der Waals surface area contributed by atoms with Gasteiger partial charge in [-0.15, -0.1) is 10.2 Å². The van der Waals surface area contributed by atoms with E-state index in [9.17, 15) is 5.11 Å². The van der Waals surface area contributed by atoms with E-state index in [1.807, 2.05) is 29.8 Å². The van der Waals surface area contributed by atoms with E-state index in [2.05, 4.69) is 52.3 Å². The van der Waals surface area contributed by atoms with Crippen molar-refractivity contribution in [3.05, 3.63) is 46.9 Å². The van der Waals surface area contributed by atoms with Crippen molar-refractivity contribution in [3.8, 4) is 11.5 Å². The number of pyridine rings is 2. The predicted molar refractivity (Wildman–Crippen MR) is 128 cm³/mol. The molecular formula is C24H32N8O. The molecule has 9 heteroatoms. The van der Waals surface area contributed by atoms with Crippen LogP contribution in [0.25, 0.3) is 11.5 Å². The first-order valence-corrected chi connectivity index (χ1v) is 11.7. The number of aromatic nitrogens is 5. The van der Waals surface area contributed by atoms with E-state index < -0.39 is 0 Å². The van der Waals surface area contributed by atoms with Crippen LogP contribution in [0.1, 0.15) is 49.0 Å². The lowest BCUT2D eigenvalue weighted by molar-refractivity contribution is 0.233. The van der Waals surface area contributed by atoms with Crippen LogP contribution < -0.4 is 15.1 Å². The number of aryl methyl sites for hydroxylation is 1. The van der Waals surface area contributed by atoms with Gasteiger partial charge in [-0.25, -0.2) is 9.97 Å². The zero-order valence-corrected chi connectivity index (χ0v) is 19.8. The fraction of sp³-hybridized carbons (Fsp3) is 0.500. The fourth-order valence-electron chi connectivity index (χ4n) is 4.75. The summed E-state index contributed by atoms with van der Waals surface area (Å²) in [5, 5.41) is 21.8. The van der Waals surface area contributed by atoms with Gasteiger partial charge in [-0.2, -0.15) is 0 Å². The maximum Gasteiger partial charge on any atom is 0.183 e. The molecule has 33 heavy (non-hydrogen) atoms. The molecule has 3 aromatic heterocycles. The number of nitrogens with one attached hydrogen (secondary N) is 1. The summed E-state index contributed by atoms with van der Waals surface area (Å²) in [5.74, 6) is 3.58. The number of hydrogen-bond donors (Lipinski definition) is 2. The number of anilines is 2. The second-order valence-electron chi connectivity index (χ2n) is 9.22. The molecule has 9 nitrogen and oxygen atoms in total. The molecule has 0 spiro atoms. The SMILES string of the molecule is CNCc1nc(N(C)C(C)C)cc2c1CN(c1cccc(-c3nnc4n3[C@H](CO)CC4)n1)C2. The molecule has 174 valence electrons. The van der Waals surface area contributed by atoms with Gasteiger partial charge in [0, 0.05) is 39.1 Å². The van der Waals surface area contributed by atoms with Gasteiger partial charge in [-0.1, -0.05) is 6.07 Å². The van der Waals surface area contributed by atoms with E-state index in [1.165, 1.54) is 11.1 Å². The Bertz CT molecular complexity index is 1160. The smallest absolute Gasteiger partial charge is 0.183 e. The highest BCUT2D eigenvalue weighted by molar-refractivity contribution is 5.58. The average Bonchev–Trinajstić information content (AvgIpc) is 3.53. The molecule has 0 amide bonds. The Morgan fingerprint density at radius 1 is 1.21 bits per heavy atom. The molecule has 3 aromatic rings. The number of aliphatic hydroxyl groups is 1. The van der Waals surface area contributed by atoms with Gasteiger partial charge in [0.1, 0.15) is 23.2 Å². The van der Waals surface area contributed by atoms with E-state index >= 15 is 0 Å². The van der Waals surface area contributed by atoms with E-state index in [0.29, 0.717) is 6.04 Å². The molecule has 1 atom stereocenters. The minimum atomic E-state index is 0.0260. The first-order chi connectivity index (χ1) is 16.0. The zero-order chi connectivity index (χ0) is 23.1.